The summed E-state index contributed by atoms with van der Waals surface area (Å²) in [6.45, 7) is -0.762. The number of carbonyl (C=O) groups is 1. The molecular weight excluding hydrogens is 398 g/mol. The molecule has 7 heteroatoms. The summed E-state index contributed by atoms with van der Waals surface area (Å²) in [4.78, 5) is 13.1. The van der Waals surface area contributed by atoms with Gasteiger partial charge in [0.2, 0.25) is 5.91 Å². The van der Waals surface area contributed by atoms with Crippen molar-refractivity contribution in [1.29, 1.82) is 0 Å². The van der Waals surface area contributed by atoms with Gasteiger partial charge in [0.25, 0.3) is 6.43 Å². The standard InChI is InChI=1S/C14H13F3INO2/c1-21-11-4-2-3-8(15)13(11)10-6-5-9(18)14(20)19(10)7-12(16)17/h2-4,6,9,12H,5,7H2,1H3. The molecule has 21 heavy (non-hydrogen) atoms. The average molecular weight is 411 g/mol. The van der Waals surface area contributed by atoms with Crippen LogP contribution in [0.4, 0.5) is 13.2 Å². The maximum Gasteiger partial charge on any atom is 0.256 e. The van der Waals surface area contributed by atoms with Crippen molar-refractivity contribution < 1.29 is 22.7 Å². The summed E-state index contributed by atoms with van der Waals surface area (Å²) in [6.07, 6.45) is -0.731. The molecule has 0 radical (unpaired) electrons. The van der Waals surface area contributed by atoms with E-state index in [2.05, 4.69) is 0 Å². The van der Waals surface area contributed by atoms with Crippen LogP contribution in [0.2, 0.25) is 0 Å². The smallest absolute Gasteiger partial charge is 0.256 e. The number of carbonyl (C=O) groups excluding carboxylic acids is 1. The SMILES string of the molecule is COc1cccc(F)c1C1=CCC(I)C(=O)N1CC(F)F. The zero-order chi connectivity index (χ0) is 15.6. The number of alkyl halides is 3. The third kappa shape index (κ3) is 3.33. The Hall–Kier alpha value is -1.25. The van der Waals surface area contributed by atoms with E-state index in [1.54, 1.807) is 6.08 Å². The highest BCUT2D eigenvalue weighted by atomic mass is 127. The Bertz CT molecular complexity index is 577. The Morgan fingerprint density at radius 2 is 2.19 bits per heavy atom. The molecule has 114 valence electrons. The quantitative estimate of drug-likeness (QED) is 0.561. The first kappa shape index (κ1) is 16.1. The fraction of sp³-hybridized carbons (Fsp3) is 0.357. The van der Waals surface area contributed by atoms with Crippen LogP contribution in [-0.4, -0.2) is 34.8 Å². The van der Waals surface area contributed by atoms with E-state index in [9.17, 15) is 18.0 Å². The number of ether oxygens (including phenoxy) is 1. The molecule has 1 aliphatic heterocycles. The van der Waals surface area contributed by atoms with Gasteiger partial charge in [0.15, 0.2) is 0 Å². The summed E-state index contributed by atoms with van der Waals surface area (Å²) < 4.78 is 44.3. The van der Waals surface area contributed by atoms with Crippen LogP contribution >= 0.6 is 22.6 Å². The lowest BCUT2D eigenvalue weighted by Crippen LogP contribution is -2.41. The molecule has 1 amide bonds. The number of allylic oxidation sites excluding steroid dienone is 1. The molecule has 1 heterocycles. The van der Waals surface area contributed by atoms with E-state index in [4.69, 9.17) is 4.74 Å². The van der Waals surface area contributed by atoms with Crippen LogP contribution in [0.5, 0.6) is 5.75 Å². The highest BCUT2D eigenvalue weighted by Crippen LogP contribution is 2.35. The molecule has 1 aromatic carbocycles. The zero-order valence-corrected chi connectivity index (χ0v) is 13.3. The Morgan fingerprint density at radius 1 is 1.48 bits per heavy atom. The van der Waals surface area contributed by atoms with Gasteiger partial charge in [0, 0.05) is 0 Å². The fourth-order valence-electron chi connectivity index (χ4n) is 2.20. The monoisotopic (exact) mass is 411 g/mol. The van der Waals surface area contributed by atoms with Crippen LogP contribution in [0.25, 0.3) is 5.70 Å². The number of benzene rings is 1. The molecule has 3 nitrogen and oxygen atoms in total. The van der Waals surface area contributed by atoms with Crippen LogP contribution < -0.4 is 4.74 Å². The number of hydrogen-bond donors (Lipinski definition) is 0. The van der Waals surface area contributed by atoms with Gasteiger partial charge in [-0.25, -0.2) is 13.2 Å². The van der Waals surface area contributed by atoms with Gasteiger partial charge in [-0.1, -0.05) is 34.7 Å². The maximum absolute atomic E-state index is 14.1. The number of amides is 1. The highest BCUT2D eigenvalue weighted by Gasteiger charge is 2.33. The molecule has 0 N–H and O–H groups in total. The predicted octanol–water partition coefficient (Wildman–Crippen LogP) is 3.48. The molecule has 0 aromatic heterocycles. The molecule has 1 atom stereocenters. The highest BCUT2D eigenvalue weighted by molar-refractivity contribution is 14.1. The van der Waals surface area contributed by atoms with Crippen molar-refractivity contribution in [2.75, 3.05) is 13.7 Å². The minimum atomic E-state index is -2.70. The molecule has 1 aromatic rings. The number of nitrogens with zero attached hydrogens (tertiary/aromatic N) is 1. The van der Waals surface area contributed by atoms with Crippen LogP contribution in [0.1, 0.15) is 12.0 Å². The van der Waals surface area contributed by atoms with Gasteiger partial charge in [-0.05, 0) is 18.6 Å². The molecule has 0 fully saturated rings. The summed E-state index contributed by atoms with van der Waals surface area (Å²) >= 11 is 1.90. The first-order chi connectivity index (χ1) is 9.95. The molecule has 2 rings (SSSR count). The summed E-state index contributed by atoms with van der Waals surface area (Å²) in [7, 11) is 1.36. The van der Waals surface area contributed by atoms with E-state index in [0.717, 1.165) is 4.90 Å². The fourth-order valence-corrected chi connectivity index (χ4v) is 2.79. The van der Waals surface area contributed by atoms with Crippen LogP contribution in [-0.2, 0) is 4.79 Å². The summed E-state index contributed by atoms with van der Waals surface area (Å²) in [5, 5.41) is 0. The number of rotatable bonds is 4. The Kier molecular flexibility index (Phi) is 5.13. The van der Waals surface area contributed by atoms with Gasteiger partial charge in [0.1, 0.15) is 11.6 Å². The second-order valence-corrected chi connectivity index (χ2v) is 5.95. The molecular formula is C14H13F3INO2. The van der Waals surface area contributed by atoms with Crippen LogP contribution in [0.15, 0.2) is 24.3 Å². The van der Waals surface area contributed by atoms with E-state index in [-0.39, 0.29) is 17.0 Å². The van der Waals surface area contributed by atoms with Crippen molar-refractivity contribution in [2.45, 2.75) is 16.8 Å². The van der Waals surface area contributed by atoms with Crippen molar-refractivity contribution in [3.8, 4) is 5.75 Å². The zero-order valence-electron chi connectivity index (χ0n) is 11.2. The van der Waals surface area contributed by atoms with Gasteiger partial charge >= 0.3 is 0 Å². The van der Waals surface area contributed by atoms with E-state index in [0.29, 0.717) is 6.42 Å². The molecule has 0 saturated heterocycles. The molecule has 0 bridgehead atoms. The Labute approximate surface area is 133 Å². The molecule has 0 aliphatic carbocycles. The first-order valence-electron chi connectivity index (χ1n) is 6.22. The second kappa shape index (κ2) is 6.67. The first-order valence-corrected chi connectivity index (χ1v) is 7.47. The van der Waals surface area contributed by atoms with Gasteiger partial charge in [-0.15, -0.1) is 0 Å². The minimum Gasteiger partial charge on any atom is -0.496 e. The lowest BCUT2D eigenvalue weighted by Gasteiger charge is -2.31. The molecule has 0 spiro atoms. The lowest BCUT2D eigenvalue weighted by atomic mass is 10.0. The lowest BCUT2D eigenvalue weighted by molar-refractivity contribution is -0.128. The van der Waals surface area contributed by atoms with E-state index in [1.165, 1.54) is 25.3 Å². The van der Waals surface area contributed by atoms with Gasteiger partial charge in [0.05, 0.1) is 28.8 Å². The van der Waals surface area contributed by atoms with Crippen molar-refractivity contribution in [3.63, 3.8) is 0 Å². The van der Waals surface area contributed by atoms with Gasteiger partial charge in [-0.3, -0.25) is 4.79 Å². The van der Waals surface area contributed by atoms with E-state index < -0.39 is 28.6 Å². The third-order valence-electron chi connectivity index (χ3n) is 3.11. The summed E-state index contributed by atoms with van der Waals surface area (Å²) in [6, 6.07) is 4.20. The minimum absolute atomic E-state index is 0.0392. The van der Waals surface area contributed by atoms with Crippen molar-refractivity contribution in [1.82, 2.24) is 4.90 Å². The number of methoxy groups -OCH3 is 1. The topological polar surface area (TPSA) is 29.5 Å². The van der Waals surface area contributed by atoms with Gasteiger partial charge < -0.3 is 9.64 Å². The molecule has 1 unspecified atom stereocenters. The molecule has 1 aliphatic rings. The number of halogens is 4. The normalized spacial score (nSPS) is 19.0. The third-order valence-corrected chi connectivity index (χ3v) is 4.16. The van der Waals surface area contributed by atoms with Crippen molar-refractivity contribution in [2.24, 2.45) is 0 Å². The summed E-state index contributed by atoms with van der Waals surface area (Å²) in [5.74, 6) is -0.849. The molecule has 0 saturated carbocycles. The van der Waals surface area contributed by atoms with Crippen LogP contribution in [0, 0.1) is 5.82 Å². The Morgan fingerprint density at radius 3 is 2.81 bits per heavy atom. The summed E-state index contributed by atoms with van der Waals surface area (Å²) in [5.41, 5.74) is 0.181. The Balaban J connectivity index is 2.52. The van der Waals surface area contributed by atoms with E-state index >= 15 is 0 Å². The second-order valence-electron chi connectivity index (χ2n) is 4.45. The van der Waals surface area contributed by atoms with Crippen LogP contribution in [0.3, 0.4) is 0 Å². The van der Waals surface area contributed by atoms with Crippen molar-refractivity contribution in [3.05, 3.63) is 35.7 Å². The largest absolute Gasteiger partial charge is 0.496 e. The van der Waals surface area contributed by atoms with Gasteiger partial charge in [-0.2, -0.15) is 0 Å². The average Bonchev–Trinajstić information content (AvgIpc) is 2.44. The van der Waals surface area contributed by atoms with Crippen molar-refractivity contribution >= 4 is 34.2 Å². The number of hydrogen-bond acceptors (Lipinski definition) is 2. The predicted molar refractivity (Wildman–Crippen MR) is 81.1 cm³/mol. The maximum atomic E-state index is 14.1. The van der Waals surface area contributed by atoms with E-state index in [1.807, 2.05) is 22.6 Å².